The molecule has 1 saturated carbocycles. The van der Waals surface area contributed by atoms with Crippen molar-refractivity contribution in [1.82, 2.24) is 14.9 Å². The van der Waals surface area contributed by atoms with E-state index in [1.807, 2.05) is 13.0 Å². The monoisotopic (exact) mass is 519 g/mol. The van der Waals surface area contributed by atoms with Gasteiger partial charge >= 0.3 is 6.03 Å². The zero-order chi connectivity index (χ0) is 26.9. The molecule has 4 heterocycles. The fourth-order valence-electron chi connectivity index (χ4n) is 5.08. The maximum Gasteiger partial charge on any atom is 0.328 e. The molecule has 1 aliphatic carbocycles. The van der Waals surface area contributed by atoms with E-state index >= 15 is 0 Å². The number of aldehydes is 1. The fraction of sp³-hybridized carbons (Fsp3) is 0.519. The summed E-state index contributed by atoms with van der Waals surface area (Å²) in [5, 5.41) is 15.6. The molecule has 38 heavy (non-hydrogen) atoms. The summed E-state index contributed by atoms with van der Waals surface area (Å²) in [4.78, 5) is 38.0. The van der Waals surface area contributed by atoms with Gasteiger partial charge in [-0.15, -0.1) is 0 Å². The zero-order valence-electron chi connectivity index (χ0n) is 22.0. The van der Waals surface area contributed by atoms with Gasteiger partial charge in [0.15, 0.2) is 6.29 Å². The fourth-order valence-corrected chi connectivity index (χ4v) is 5.08. The number of ether oxygens (including phenoxy) is 2. The zero-order valence-corrected chi connectivity index (χ0v) is 22.0. The van der Waals surface area contributed by atoms with Crippen molar-refractivity contribution in [3.63, 3.8) is 0 Å². The van der Waals surface area contributed by atoms with E-state index in [4.69, 9.17) is 9.47 Å². The lowest BCUT2D eigenvalue weighted by molar-refractivity contribution is 0.0425. The first-order chi connectivity index (χ1) is 18.4. The topological polar surface area (TPSA) is 133 Å². The number of nitriles is 1. The molecule has 5 rings (SSSR count). The van der Waals surface area contributed by atoms with E-state index in [-0.39, 0.29) is 17.9 Å². The predicted molar refractivity (Wildman–Crippen MR) is 141 cm³/mol. The molecule has 2 aliphatic heterocycles. The van der Waals surface area contributed by atoms with Gasteiger partial charge in [-0.05, 0) is 56.7 Å². The molecule has 2 amide bonds. The Hall–Kier alpha value is -3.59. The van der Waals surface area contributed by atoms with Crippen LogP contribution in [0.3, 0.4) is 0 Å². The second-order valence-corrected chi connectivity index (χ2v) is 10.2. The van der Waals surface area contributed by atoms with Crippen LogP contribution in [0.4, 0.5) is 22.1 Å². The SMILES string of the molecule is COC1(CNc2cc(NC(=O)N3CCCc4cc(CN5C(C)COC5C)c(C=O)nc43)ncc2C#N)CC1. The van der Waals surface area contributed by atoms with Crippen LogP contribution in [0.2, 0.25) is 0 Å². The first-order valence-electron chi connectivity index (χ1n) is 13.0. The third-order valence-corrected chi connectivity index (χ3v) is 7.70. The first kappa shape index (κ1) is 26.0. The lowest BCUT2D eigenvalue weighted by Gasteiger charge is -2.30. The minimum absolute atomic E-state index is 0.0357. The maximum absolute atomic E-state index is 13.3. The highest BCUT2D eigenvalue weighted by Crippen LogP contribution is 2.39. The summed E-state index contributed by atoms with van der Waals surface area (Å²) in [6.07, 6.45) is 5.61. The van der Waals surface area contributed by atoms with Gasteiger partial charge in [-0.3, -0.25) is 19.9 Å². The molecule has 200 valence electrons. The second kappa shape index (κ2) is 10.6. The lowest BCUT2D eigenvalue weighted by atomic mass is 10.0. The Balaban J connectivity index is 1.34. The van der Waals surface area contributed by atoms with Gasteiger partial charge in [-0.2, -0.15) is 5.26 Å². The highest BCUT2D eigenvalue weighted by Gasteiger charge is 2.42. The van der Waals surface area contributed by atoms with Crippen LogP contribution in [-0.4, -0.2) is 71.9 Å². The normalized spacial score (nSPS) is 21.9. The van der Waals surface area contributed by atoms with Crippen LogP contribution in [0.5, 0.6) is 0 Å². The van der Waals surface area contributed by atoms with Crippen LogP contribution in [0, 0.1) is 11.3 Å². The molecule has 2 fully saturated rings. The molecule has 2 aromatic rings. The molecule has 2 aromatic heterocycles. The number of aromatic nitrogens is 2. The van der Waals surface area contributed by atoms with E-state index in [2.05, 4.69) is 38.5 Å². The Bertz CT molecular complexity index is 1260. The summed E-state index contributed by atoms with van der Waals surface area (Å²) >= 11 is 0. The number of aryl methyl sites for hydroxylation is 1. The van der Waals surface area contributed by atoms with E-state index in [0.717, 1.165) is 43.1 Å². The molecule has 2 atom stereocenters. The molecule has 1 saturated heterocycles. The average Bonchev–Trinajstić information content (AvgIpc) is 3.66. The summed E-state index contributed by atoms with van der Waals surface area (Å²) in [5.41, 5.74) is 2.85. The molecule has 0 radical (unpaired) electrons. The molecule has 3 aliphatic rings. The Labute approximate surface area is 222 Å². The van der Waals surface area contributed by atoms with Crippen molar-refractivity contribution in [3.05, 3.63) is 40.7 Å². The Morgan fingerprint density at radius 2 is 2.18 bits per heavy atom. The van der Waals surface area contributed by atoms with E-state index in [0.29, 0.717) is 54.8 Å². The summed E-state index contributed by atoms with van der Waals surface area (Å²) in [6.45, 7) is 6.34. The van der Waals surface area contributed by atoms with Crippen molar-refractivity contribution in [1.29, 1.82) is 5.26 Å². The second-order valence-electron chi connectivity index (χ2n) is 10.2. The van der Waals surface area contributed by atoms with Crippen molar-refractivity contribution >= 4 is 29.6 Å². The number of rotatable bonds is 8. The van der Waals surface area contributed by atoms with Crippen LogP contribution >= 0.6 is 0 Å². The predicted octanol–water partition coefficient (Wildman–Crippen LogP) is 3.30. The number of methoxy groups -OCH3 is 1. The molecule has 0 aromatic carbocycles. The van der Waals surface area contributed by atoms with Gasteiger partial charge < -0.3 is 14.8 Å². The Morgan fingerprint density at radius 1 is 1.37 bits per heavy atom. The molecular weight excluding hydrogens is 486 g/mol. The quantitative estimate of drug-likeness (QED) is 0.504. The van der Waals surface area contributed by atoms with Gasteiger partial charge in [0, 0.05) is 45.0 Å². The number of amides is 2. The van der Waals surface area contributed by atoms with Gasteiger partial charge in [0.05, 0.1) is 23.5 Å². The smallest absolute Gasteiger partial charge is 0.328 e. The average molecular weight is 520 g/mol. The van der Waals surface area contributed by atoms with Gasteiger partial charge in [-0.1, -0.05) is 0 Å². The van der Waals surface area contributed by atoms with Crippen LogP contribution in [0.25, 0.3) is 0 Å². The molecule has 11 nitrogen and oxygen atoms in total. The summed E-state index contributed by atoms with van der Waals surface area (Å²) < 4.78 is 11.3. The number of urea groups is 1. The number of hydrogen-bond acceptors (Lipinski definition) is 9. The van der Waals surface area contributed by atoms with Crippen molar-refractivity contribution in [3.8, 4) is 6.07 Å². The molecule has 2 unspecified atom stereocenters. The van der Waals surface area contributed by atoms with Gasteiger partial charge in [0.25, 0.3) is 0 Å². The van der Waals surface area contributed by atoms with Gasteiger partial charge in [-0.25, -0.2) is 14.8 Å². The third-order valence-electron chi connectivity index (χ3n) is 7.70. The minimum atomic E-state index is -0.392. The van der Waals surface area contributed by atoms with Crippen LogP contribution < -0.4 is 15.5 Å². The van der Waals surface area contributed by atoms with Crippen LogP contribution in [-0.2, 0) is 22.4 Å². The van der Waals surface area contributed by atoms with Gasteiger partial charge in [0.1, 0.15) is 29.6 Å². The summed E-state index contributed by atoms with van der Waals surface area (Å²) in [6, 6.07) is 5.63. The first-order valence-corrected chi connectivity index (χ1v) is 13.0. The van der Waals surface area contributed by atoms with Gasteiger partial charge in [0.2, 0.25) is 0 Å². The van der Waals surface area contributed by atoms with E-state index in [1.165, 1.54) is 6.20 Å². The van der Waals surface area contributed by atoms with Crippen molar-refractivity contribution in [2.45, 2.75) is 63.9 Å². The number of pyridine rings is 2. The molecule has 0 bridgehead atoms. The van der Waals surface area contributed by atoms with Crippen molar-refractivity contribution < 1.29 is 19.1 Å². The highest BCUT2D eigenvalue weighted by atomic mass is 16.5. The lowest BCUT2D eigenvalue weighted by Crippen LogP contribution is -2.40. The summed E-state index contributed by atoms with van der Waals surface area (Å²) in [7, 11) is 1.68. The number of carbonyl (C=O) groups excluding carboxylic acids is 2. The van der Waals surface area contributed by atoms with Crippen molar-refractivity contribution in [2.24, 2.45) is 0 Å². The largest absolute Gasteiger partial charge is 0.381 e. The van der Waals surface area contributed by atoms with Crippen molar-refractivity contribution in [2.75, 3.05) is 42.3 Å². The standard InChI is InChI=1S/C27H33N7O4/c1-17-15-38-18(2)34(17)13-20-9-19-5-4-8-33(25(19)31-23(20)14-35)26(36)32-24-10-22(21(11-28)12-29-24)30-16-27(37-3)6-7-27/h9-10,12,14,17-18H,4-8,13,15-16H2,1-3H3,(H2,29,30,32,36). The van der Waals surface area contributed by atoms with E-state index in [9.17, 15) is 14.9 Å². The number of carbonyl (C=O) groups is 2. The maximum atomic E-state index is 13.3. The molecular formula is C27H33N7O4. The number of anilines is 3. The number of nitrogens with zero attached hydrogens (tertiary/aromatic N) is 5. The van der Waals surface area contributed by atoms with Crippen LogP contribution in [0.1, 0.15) is 60.3 Å². The molecule has 2 N–H and O–H groups in total. The molecule has 0 spiro atoms. The number of hydrogen-bond donors (Lipinski definition) is 2. The number of nitrogens with one attached hydrogen (secondary N) is 2. The third kappa shape index (κ3) is 5.20. The Morgan fingerprint density at radius 3 is 2.84 bits per heavy atom. The minimum Gasteiger partial charge on any atom is -0.381 e. The Kier molecular flexibility index (Phi) is 7.29. The highest BCUT2D eigenvalue weighted by molar-refractivity contribution is 6.01. The molecule has 11 heteroatoms. The van der Waals surface area contributed by atoms with Crippen LogP contribution in [0.15, 0.2) is 18.3 Å². The summed E-state index contributed by atoms with van der Waals surface area (Å²) in [5.74, 6) is 0.802. The van der Waals surface area contributed by atoms with E-state index < -0.39 is 6.03 Å². The van der Waals surface area contributed by atoms with E-state index in [1.54, 1.807) is 18.1 Å². The number of fused-ring (bicyclic) bond motifs is 1.